The lowest BCUT2D eigenvalue weighted by Gasteiger charge is -2.16. The number of carbonyl (C=O) groups is 2. The fraction of sp³-hybridized carbons (Fsp3) is 0.278. The molecule has 1 aliphatic heterocycles. The molecule has 1 saturated heterocycles. The summed E-state index contributed by atoms with van der Waals surface area (Å²) in [6.45, 7) is 2.59. The molecule has 2 aromatic rings. The number of nitrogens with zero attached hydrogens (tertiary/aromatic N) is 2. The topological polar surface area (TPSA) is 71.5 Å². The number of hydrogen-bond acceptors (Lipinski definition) is 4. The van der Waals surface area contributed by atoms with Crippen LogP contribution < -0.4 is 15.0 Å². The van der Waals surface area contributed by atoms with Crippen molar-refractivity contribution in [1.82, 2.24) is 4.98 Å². The third kappa shape index (κ3) is 3.90. The largest absolute Gasteiger partial charge is 0.484 e. The third-order valence-electron chi connectivity index (χ3n) is 3.77. The van der Waals surface area contributed by atoms with E-state index in [0.717, 1.165) is 24.2 Å². The molecule has 0 aliphatic carbocycles. The highest BCUT2D eigenvalue weighted by atomic mass is 16.5. The first kappa shape index (κ1) is 16.0. The Morgan fingerprint density at radius 1 is 1.25 bits per heavy atom. The van der Waals surface area contributed by atoms with Gasteiger partial charge < -0.3 is 15.0 Å². The third-order valence-corrected chi connectivity index (χ3v) is 3.77. The lowest BCUT2D eigenvalue weighted by molar-refractivity contribution is -0.118. The van der Waals surface area contributed by atoms with Gasteiger partial charge in [-0.3, -0.25) is 9.59 Å². The van der Waals surface area contributed by atoms with Gasteiger partial charge in [0.2, 0.25) is 5.91 Å². The van der Waals surface area contributed by atoms with Gasteiger partial charge in [0.1, 0.15) is 11.6 Å². The highest BCUT2D eigenvalue weighted by Gasteiger charge is 2.21. The summed E-state index contributed by atoms with van der Waals surface area (Å²) in [4.78, 5) is 29.4. The molecule has 0 atom stereocenters. The van der Waals surface area contributed by atoms with Gasteiger partial charge in [-0.05, 0) is 49.2 Å². The van der Waals surface area contributed by atoms with Gasteiger partial charge in [-0.15, -0.1) is 0 Å². The average molecular weight is 325 g/mol. The molecule has 0 radical (unpaired) electrons. The number of ether oxygens (including phenoxy) is 1. The normalized spacial score (nSPS) is 13.9. The smallest absolute Gasteiger partial charge is 0.263 e. The summed E-state index contributed by atoms with van der Waals surface area (Å²) in [5.74, 6) is 0.952. The van der Waals surface area contributed by atoms with E-state index in [1.165, 1.54) is 0 Å². The molecule has 1 aromatic carbocycles. The van der Waals surface area contributed by atoms with Crippen molar-refractivity contribution in [3.63, 3.8) is 0 Å². The van der Waals surface area contributed by atoms with Crippen LogP contribution in [0.4, 0.5) is 11.5 Å². The molecule has 1 fully saturated rings. The van der Waals surface area contributed by atoms with Crippen molar-refractivity contribution in [2.45, 2.75) is 19.8 Å². The minimum Gasteiger partial charge on any atom is -0.484 e. The Hall–Kier alpha value is -2.89. The second-order valence-electron chi connectivity index (χ2n) is 5.70. The van der Waals surface area contributed by atoms with Gasteiger partial charge in [-0.25, -0.2) is 4.98 Å². The summed E-state index contributed by atoms with van der Waals surface area (Å²) < 4.78 is 5.46. The molecule has 1 aliphatic rings. The maximum Gasteiger partial charge on any atom is 0.263 e. The highest BCUT2D eigenvalue weighted by Crippen LogP contribution is 2.23. The molecule has 2 heterocycles. The van der Waals surface area contributed by atoms with Crippen molar-refractivity contribution in [3.8, 4) is 5.75 Å². The highest BCUT2D eigenvalue weighted by molar-refractivity contribution is 5.95. The van der Waals surface area contributed by atoms with Crippen LogP contribution in [-0.4, -0.2) is 29.9 Å². The second-order valence-corrected chi connectivity index (χ2v) is 5.70. The Labute approximate surface area is 140 Å². The summed E-state index contributed by atoms with van der Waals surface area (Å²) in [6, 6.07) is 10.8. The molecule has 124 valence electrons. The number of amides is 2. The molecule has 6 heteroatoms. The van der Waals surface area contributed by atoms with E-state index in [-0.39, 0.29) is 18.4 Å². The van der Waals surface area contributed by atoms with Crippen LogP contribution in [0.25, 0.3) is 0 Å². The van der Waals surface area contributed by atoms with Gasteiger partial charge in [0.25, 0.3) is 5.91 Å². The maximum absolute atomic E-state index is 11.9. The van der Waals surface area contributed by atoms with Crippen molar-refractivity contribution in [3.05, 3.63) is 48.2 Å². The predicted octanol–water partition coefficient (Wildman–Crippen LogP) is 2.53. The summed E-state index contributed by atoms with van der Waals surface area (Å²) in [6.07, 6.45) is 3.19. The van der Waals surface area contributed by atoms with Crippen molar-refractivity contribution in [2.75, 3.05) is 23.4 Å². The fourth-order valence-electron chi connectivity index (χ4n) is 2.51. The summed E-state index contributed by atoms with van der Waals surface area (Å²) in [5.41, 5.74) is 1.89. The number of anilines is 2. The molecule has 1 aromatic heterocycles. The van der Waals surface area contributed by atoms with E-state index in [9.17, 15) is 9.59 Å². The lowest BCUT2D eigenvalue weighted by atomic mass is 10.3. The standard InChI is InChI=1S/C18H19N3O3/c1-13-4-9-16(19-11-13)20-17(22)12-24-15-7-5-14(6-8-15)21-10-2-3-18(21)23/h4-9,11H,2-3,10,12H2,1H3,(H,19,20,22). The van der Waals surface area contributed by atoms with Crippen LogP contribution in [0.5, 0.6) is 5.75 Å². The van der Waals surface area contributed by atoms with E-state index in [1.807, 2.05) is 25.1 Å². The zero-order chi connectivity index (χ0) is 16.9. The molecule has 0 bridgehead atoms. The molecule has 3 rings (SSSR count). The van der Waals surface area contributed by atoms with Gasteiger partial charge in [-0.1, -0.05) is 6.07 Å². The van der Waals surface area contributed by atoms with Crippen molar-refractivity contribution < 1.29 is 14.3 Å². The van der Waals surface area contributed by atoms with Crippen LogP contribution >= 0.6 is 0 Å². The first-order chi connectivity index (χ1) is 11.6. The van der Waals surface area contributed by atoms with E-state index in [2.05, 4.69) is 10.3 Å². The summed E-state index contributed by atoms with van der Waals surface area (Å²) in [5, 5.41) is 2.67. The zero-order valence-electron chi connectivity index (χ0n) is 13.5. The molecular formula is C18H19N3O3. The van der Waals surface area contributed by atoms with E-state index >= 15 is 0 Å². The van der Waals surface area contributed by atoms with Crippen LogP contribution in [0.3, 0.4) is 0 Å². The Kier molecular flexibility index (Phi) is 4.74. The number of pyridine rings is 1. The minimum atomic E-state index is -0.273. The average Bonchev–Trinajstić information content (AvgIpc) is 3.02. The predicted molar refractivity (Wildman–Crippen MR) is 91.1 cm³/mol. The molecule has 2 amide bonds. The first-order valence-electron chi connectivity index (χ1n) is 7.87. The Morgan fingerprint density at radius 2 is 2.04 bits per heavy atom. The van der Waals surface area contributed by atoms with Crippen LogP contribution in [-0.2, 0) is 9.59 Å². The number of benzene rings is 1. The van der Waals surface area contributed by atoms with E-state index in [4.69, 9.17) is 4.74 Å². The van der Waals surface area contributed by atoms with Gasteiger partial charge in [0, 0.05) is 24.8 Å². The molecular weight excluding hydrogens is 306 g/mol. The van der Waals surface area contributed by atoms with Crippen LogP contribution in [0.2, 0.25) is 0 Å². The number of rotatable bonds is 5. The number of hydrogen-bond donors (Lipinski definition) is 1. The first-order valence-corrected chi connectivity index (χ1v) is 7.87. The van der Waals surface area contributed by atoms with Gasteiger partial charge >= 0.3 is 0 Å². The van der Waals surface area contributed by atoms with Crippen molar-refractivity contribution in [2.24, 2.45) is 0 Å². The number of aromatic nitrogens is 1. The molecule has 24 heavy (non-hydrogen) atoms. The maximum atomic E-state index is 11.9. The Bertz CT molecular complexity index is 726. The zero-order valence-corrected chi connectivity index (χ0v) is 13.5. The summed E-state index contributed by atoms with van der Waals surface area (Å²) in [7, 11) is 0. The lowest BCUT2D eigenvalue weighted by Crippen LogP contribution is -2.23. The van der Waals surface area contributed by atoms with E-state index in [1.54, 1.807) is 29.3 Å². The number of carbonyl (C=O) groups excluding carboxylic acids is 2. The van der Waals surface area contributed by atoms with E-state index < -0.39 is 0 Å². The van der Waals surface area contributed by atoms with Crippen LogP contribution in [0, 0.1) is 6.92 Å². The van der Waals surface area contributed by atoms with Crippen LogP contribution in [0.1, 0.15) is 18.4 Å². The van der Waals surface area contributed by atoms with E-state index in [0.29, 0.717) is 18.0 Å². The monoisotopic (exact) mass is 325 g/mol. The quantitative estimate of drug-likeness (QED) is 0.917. The SMILES string of the molecule is Cc1ccc(NC(=O)COc2ccc(N3CCCC3=O)cc2)nc1. The molecule has 0 spiro atoms. The molecule has 0 unspecified atom stereocenters. The van der Waals surface area contributed by atoms with Gasteiger partial charge in [0.05, 0.1) is 0 Å². The second kappa shape index (κ2) is 7.12. The molecule has 1 N–H and O–H groups in total. The van der Waals surface area contributed by atoms with Gasteiger partial charge in [0.15, 0.2) is 6.61 Å². The minimum absolute atomic E-state index is 0.0997. The van der Waals surface area contributed by atoms with Gasteiger partial charge in [-0.2, -0.15) is 0 Å². The fourth-order valence-corrected chi connectivity index (χ4v) is 2.51. The Balaban J connectivity index is 1.51. The molecule has 6 nitrogen and oxygen atoms in total. The number of nitrogens with one attached hydrogen (secondary N) is 1. The van der Waals surface area contributed by atoms with Crippen LogP contribution in [0.15, 0.2) is 42.6 Å². The Morgan fingerprint density at radius 3 is 2.67 bits per heavy atom. The summed E-state index contributed by atoms with van der Waals surface area (Å²) >= 11 is 0. The van der Waals surface area contributed by atoms with Crippen molar-refractivity contribution in [1.29, 1.82) is 0 Å². The number of aryl methyl sites for hydroxylation is 1. The van der Waals surface area contributed by atoms with Crippen molar-refractivity contribution >= 4 is 23.3 Å². The molecule has 0 saturated carbocycles.